The average Bonchev–Trinajstić information content (AvgIpc) is 2.87. The molecule has 0 saturated carbocycles. The van der Waals surface area contributed by atoms with Crippen LogP contribution < -0.4 is 5.73 Å². The summed E-state index contributed by atoms with van der Waals surface area (Å²) in [6.07, 6.45) is 6.30. The van der Waals surface area contributed by atoms with E-state index in [0.717, 1.165) is 32.4 Å². The van der Waals surface area contributed by atoms with Gasteiger partial charge >= 0.3 is 12.0 Å². The van der Waals surface area contributed by atoms with Gasteiger partial charge in [-0.3, -0.25) is 9.36 Å². The van der Waals surface area contributed by atoms with E-state index in [0.29, 0.717) is 5.69 Å². The van der Waals surface area contributed by atoms with Gasteiger partial charge in [0.2, 0.25) is 0 Å². The van der Waals surface area contributed by atoms with Crippen molar-refractivity contribution >= 4 is 12.0 Å². The molecule has 0 bridgehead atoms. The first kappa shape index (κ1) is 13.5. The van der Waals surface area contributed by atoms with Crippen molar-refractivity contribution in [2.24, 2.45) is 5.73 Å². The third kappa shape index (κ3) is 3.31. The van der Waals surface area contributed by atoms with Gasteiger partial charge in [-0.25, -0.2) is 9.78 Å². The van der Waals surface area contributed by atoms with E-state index in [1.807, 2.05) is 0 Å². The Morgan fingerprint density at radius 2 is 2.05 bits per heavy atom. The molecule has 7 heteroatoms. The van der Waals surface area contributed by atoms with Gasteiger partial charge < -0.3 is 15.7 Å². The quantitative estimate of drug-likeness (QED) is 0.818. The topological polar surface area (TPSA) is 101 Å². The van der Waals surface area contributed by atoms with Gasteiger partial charge in [0.05, 0.1) is 5.69 Å². The number of likely N-dealkylation sites (tertiary alicyclic amines) is 1. The average molecular weight is 266 g/mol. The molecular weight excluding hydrogens is 248 g/mol. The number of carboxylic acid groups (broad SMARTS) is 1. The maximum absolute atomic E-state index is 12.1. The summed E-state index contributed by atoms with van der Waals surface area (Å²) in [6, 6.07) is -1.10. The van der Waals surface area contributed by atoms with Crippen molar-refractivity contribution in [2.75, 3.05) is 13.1 Å². The van der Waals surface area contributed by atoms with Crippen molar-refractivity contribution in [3.05, 3.63) is 18.2 Å². The third-order valence-corrected chi connectivity index (χ3v) is 3.23. The molecule has 1 fully saturated rings. The standard InChI is InChI=1S/C12H18N4O3/c13-10(11(17)18)6-9-7-16(8-14-9)12(19)15-4-2-1-3-5-15/h7-8,10H,1-6,13H2,(H,17,18)/t10-/m0/s1. The molecular formula is C12H18N4O3. The van der Waals surface area contributed by atoms with Crippen molar-refractivity contribution in [3.8, 4) is 0 Å². The minimum Gasteiger partial charge on any atom is -0.480 e. The summed E-state index contributed by atoms with van der Waals surface area (Å²) in [5.41, 5.74) is 5.95. The van der Waals surface area contributed by atoms with Crippen molar-refractivity contribution < 1.29 is 14.7 Å². The molecule has 2 rings (SSSR count). The van der Waals surface area contributed by atoms with Crippen LogP contribution in [0.2, 0.25) is 0 Å². The van der Waals surface area contributed by atoms with Crippen LogP contribution in [0.1, 0.15) is 25.0 Å². The summed E-state index contributed by atoms with van der Waals surface area (Å²) in [5, 5.41) is 8.73. The molecule has 0 radical (unpaired) electrons. The highest BCUT2D eigenvalue weighted by atomic mass is 16.4. The Kier molecular flexibility index (Phi) is 4.16. The molecule has 1 aromatic rings. The van der Waals surface area contributed by atoms with Crippen LogP contribution in [0.3, 0.4) is 0 Å². The molecule has 19 heavy (non-hydrogen) atoms. The van der Waals surface area contributed by atoms with E-state index in [1.165, 1.54) is 10.9 Å². The van der Waals surface area contributed by atoms with Gasteiger partial charge in [0.1, 0.15) is 12.4 Å². The fraction of sp³-hybridized carbons (Fsp3) is 0.583. The normalized spacial score (nSPS) is 17.2. The number of carbonyl (C=O) groups excluding carboxylic acids is 1. The second-order valence-corrected chi connectivity index (χ2v) is 4.75. The number of nitrogens with zero attached hydrogens (tertiary/aromatic N) is 3. The first-order valence-corrected chi connectivity index (χ1v) is 6.38. The Morgan fingerprint density at radius 1 is 1.37 bits per heavy atom. The lowest BCUT2D eigenvalue weighted by molar-refractivity contribution is -0.138. The van der Waals surface area contributed by atoms with Crippen LogP contribution in [0.5, 0.6) is 0 Å². The van der Waals surface area contributed by atoms with E-state index in [9.17, 15) is 9.59 Å². The molecule has 1 aliphatic heterocycles. The Balaban J connectivity index is 1.99. The molecule has 7 nitrogen and oxygen atoms in total. The molecule has 0 aromatic carbocycles. The second kappa shape index (κ2) is 5.83. The van der Waals surface area contributed by atoms with Gasteiger partial charge in [0.25, 0.3) is 0 Å². The van der Waals surface area contributed by atoms with Crippen molar-refractivity contribution in [3.63, 3.8) is 0 Å². The van der Waals surface area contributed by atoms with Crippen molar-refractivity contribution in [1.82, 2.24) is 14.5 Å². The largest absolute Gasteiger partial charge is 0.480 e. The third-order valence-electron chi connectivity index (χ3n) is 3.23. The van der Waals surface area contributed by atoms with E-state index in [-0.39, 0.29) is 12.5 Å². The molecule has 1 saturated heterocycles. The van der Waals surface area contributed by atoms with Crippen LogP contribution >= 0.6 is 0 Å². The lowest BCUT2D eigenvalue weighted by Crippen LogP contribution is -2.38. The zero-order valence-electron chi connectivity index (χ0n) is 10.7. The predicted octanol–water partition coefficient (Wildman–Crippen LogP) is 0.291. The maximum Gasteiger partial charge on any atom is 0.329 e. The smallest absolute Gasteiger partial charge is 0.329 e. The molecule has 0 unspecified atom stereocenters. The Hall–Kier alpha value is -1.89. The van der Waals surface area contributed by atoms with E-state index in [2.05, 4.69) is 4.98 Å². The van der Waals surface area contributed by atoms with Crippen LogP contribution in [0, 0.1) is 0 Å². The van der Waals surface area contributed by atoms with E-state index < -0.39 is 12.0 Å². The molecule has 1 aromatic heterocycles. The molecule has 1 atom stereocenters. The minimum atomic E-state index is -1.07. The molecule has 104 valence electrons. The van der Waals surface area contributed by atoms with Gasteiger partial charge in [0.15, 0.2) is 0 Å². The fourth-order valence-electron chi connectivity index (χ4n) is 2.13. The molecule has 3 N–H and O–H groups in total. The van der Waals surface area contributed by atoms with Gasteiger partial charge in [-0.15, -0.1) is 0 Å². The molecule has 0 aliphatic carbocycles. The van der Waals surface area contributed by atoms with Gasteiger partial charge in [-0.2, -0.15) is 0 Å². The monoisotopic (exact) mass is 266 g/mol. The van der Waals surface area contributed by atoms with Crippen LogP contribution in [-0.2, 0) is 11.2 Å². The van der Waals surface area contributed by atoms with Crippen LogP contribution in [-0.4, -0.2) is 50.7 Å². The number of carbonyl (C=O) groups is 2. The van der Waals surface area contributed by atoms with Crippen LogP contribution in [0.4, 0.5) is 4.79 Å². The number of piperidine rings is 1. The minimum absolute atomic E-state index is 0.109. The Bertz CT molecular complexity index is 465. The number of imidazole rings is 1. The van der Waals surface area contributed by atoms with Gasteiger partial charge in [-0.05, 0) is 19.3 Å². The zero-order valence-corrected chi connectivity index (χ0v) is 10.7. The highest BCUT2D eigenvalue weighted by molar-refractivity contribution is 5.77. The molecule has 1 aliphatic rings. The van der Waals surface area contributed by atoms with Crippen molar-refractivity contribution in [2.45, 2.75) is 31.7 Å². The SMILES string of the molecule is N[C@@H](Cc1cn(C(=O)N2CCCCC2)cn1)C(=O)O. The van der Waals surface area contributed by atoms with Gasteiger partial charge in [-0.1, -0.05) is 0 Å². The molecule has 2 heterocycles. The summed E-state index contributed by atoms with van der Waals surface area (Å²) in [6.45, 7) is 1.53. The maximum atomic E-state index is 12.1. The summed E-state index contributed by atoms with van der Waals surface area (Å²) in [4.78, 5) is 28.6. The van der Waals surface area contributed by atoms with Crippen molar-refractivity contribution in [1.29, 1.82) is 0 Å². The number of hydrogen-bond acceptors (Lipinski definition) is 4. The number of carboxylic acids is 1. The number of nitrogens with two attached hydrogens (primary N) is 1. The van der Waals surface area contributed by atoms with E-state index in [1.54, 1.807) is 11.1 Å². The highest BCUT2D eigenvalue weighted by Crippen LogP contribution is 2.11. The predicted molar refractivity (Wildman–Crippen MR) is 67.8 cm³/mol. The number of rotatable bonds is 3. The summed E-state index contributed by atoms with van der Waals surface area (Å²) >= 11 is 0. The second-order valence-electron chi connectivity index (χ2n) is 4.75. The van der Waals surface area contributed by atoms with Crippen LogP contribution in [0.25, 0.3) is 0 Å². The first-order chi connectivity index (χ1) is 9.08. The Morgan fingerprint density at radius 3 is 2.68 bits per heavy atom. The zero-order chi connectivity index (χ0) is 13.8. The number of hydrogen-bond donors (Lipinski definition) is 2. The van der Waals surface area contributed by atoms with E-state index >= 15 is 0 Å². The number of aliphatic carboxylic acids is 1. The summed E-state index contributed by atoms with van der Waals surface area (Å²) in [7, 11) is 0. The highest BCUT2D eigenvalue weighted by Gasteiger charge is 2.19. The number of aromatic nitrogens is 2. The van der Waals surface area contributed by atoms with Gasteiger partial charge in [0, 0.05) is 25.7 Å². The molecule has 1 amide bonds. The lowest BCUT2D eigenvalue weighted by Gasteiger charge is -2.26. The first-order valence-electron chi connectivity index (χ1n) is 6.38. The summed E-state index contributed by atoms with van der Waals surface area (Å²) < 4.78 is 1.40. The molecule has 0 spiro atoms. The lowest BCUT2D eigenvalue weighted by atomic mass is 10.1. The van der Waals surface area contributed by atoms with E-state index in [4.69, 9.17) is 10.8 Å². The Labute approximate surface area is 111 Å². The number of amides is 1. The summed E-state index contributed by atoms with van der Waals surface area (Å²) in [5.74, 6) is -1.07. The fourth-order valence-corrected chi connectivity index (χ4v) is 2.13. The van der Waals surface area contributed by atoms with Crippen LogP contribution in [0.15, 0.2) is 12.5 Å².